The van der Waals surface area contributed by atoms with E-state index in [0.717, 1.165) is 12.8 Å². The molecule has 18 heavy (non-hydrogen) atoms. The van der Waals surface area contributed by atoms with Gasteiger partial charge in [0.2, 0.25) is 0 Å². The Morgan fingerprint density at radius 3 is 2.72 bits per heavy atom. The Morgan fingerprint density at radius 2 is 2.11 bits per heavy atom. The van der Waals surface area contributed by atoms with E-state index in [2.05, 4.69) is 4.74 Å². The van der Waals surface area contributed by atoms with Gasteiger partial charge in [0.25, 0.3) is 0 Å². The summed E-state index contributed by atoms with van der Waals surface area (Å²) in [4.78, 5) is 11.5. The van der Waals surface area contributed by atoms with Crippen molar-refractivity contribution in [3.05, 3.63) is 28.8 Å². The van der Waals surface area contributed by atoms with Crippen LogP contribution in [0.15, 0.2) is 18.2 Å². The van der Waals surface area contributed by atoms with Crippen LogP contribution in [0.3, 0.4) is 0 Å². The Balaban J connectivity index is 0.00000289. The predicted molar refractivity (Wildman–Crippen MR) is 73.8 cm³/mol. The van der Waals surface area contributed by atoms with Crippen molar-refractivity contribution in [1.29, 1.82) is 0 Å². The lowest BCUT2D eigenvalue weighted by atomic mass is 10.2. The molecule has 0 aromatic heterocycles. The van der Waals surface area contributed by atoms with Crippen LogP contribution in [0.4, 0.5) is 0 Å². The molecule has 0 amide bonds. The third-order valence-electron chi connectivity index (χ3n) is 2.20. The minimum absolute atomic E-state index is 0. The molecule has 0 spiro atoms. The average molecular weight is 294 g/mol. The Kier molecular flexibility index (Phi) is 8.54. The van der Waals surface area contributed by atoms with Gasteiger partial charge in [-0.1, -0.05) is 11.6 Å². The van der Waals surface area contributed by atoms with E-state index in [9.17, 15) is 4.79 Å². The van der Waals surface area contributed by atoms with E-state index in [4.69, 9.17) is 22.1 Å². The molecule has 0 aliphatic rings. The summed E-state index contributed by atoms with van der Waals surface area (Å²) in [6, 6.07) is 4.87. The van der Waals surface area contributed by atoms with E-state index in [-0.39, 0.29) is 12.4 Å². The second-order valence-corrected chi connectivity index (χ2v) is 3.91. The topological polar surface area (TPSA) is 61.5 Å². The molecule has 1 aromatic rings. The number of esters is 1. The van der Waals surface area contributed by atoms with Crippen LogP contribution in [-0.2, 0) is 4.74 Å². The molecule has 1 rings (SSSR count). The van der Waals surface area contributed by atoms with Crippen LogP contribution >= 0.6 is 24.0 Å². The van der Waals surface area contributed by atoms with Crippen LogP contribution in [0.1, 0.15) is 23.2 Å². The van der Waals surface area contributed by atoms with Crippen molar-refractivity contribution in [2.24, 2.45) is 5.73 Å². The van der Waals surface area contributed by atoms with Crippen molar-refractivity contribution < 1.29 is 14.3 Å². The molecular formula is C12H17Cl2NO3. The highest BCUT2D eigenvalue weighted by molar-refractivity contribution is 6.31. The number of methoxy groups -OCH3 is 1. The molecule has 2 N–H and O–H groups in total. The first-order valence-electron chi connectivity index (χ1n) is 5.39. The maximum Gasteiger partial charge on any atom is 0.341 e. The predicted octanol–water partition coefficient (Wildman–Crippen LogP) is 2.67. The van der Waals surface area contributed by atoms with E-state index < -0.39 is 5.97 Å². The third-order valence-corrected chi connectivity index (χ3v) is 2.44. The number of halogens is 2. The molecule has 1 aromatic carbocycles. The lowest BCUT2D eigenvalue weighted by molar-refractivity contribution is 0.0596. The number of carbonyl (C=O) groups is 1. The number of rotatable bonds is 6. The van der Waals surface area contributed by atoms with E-state index in [0.29, 0.717) is 29.5 Å². The van der Waals surface area contributed by atoms with E-state index in [1.807, 2.05) is 0 Å². The lowest BCUT2D eigenvalue weighted by Crippen LogP contribution is -2.08. The highest BCUT2D eigenvalue weighted by Crippen LogP contribution is 2.23. The standard InChI is InChI=1S/C12H16ClNO3.ClH/c1-16-12(15)10-8-9(13)4-5-11(10)17-7-3-2-6-14;/h4-5,8H,2-3,6-7,14H2,1H3;1H. The summed E-state index contributed by atoms with van der Waals surface area (Å²) in [6.07, 6.45) is 1.74. The lowest BCUT2D eigenvalue weighted by Gasteiger charge is -2.10. The number of benzene rings is 1. The minimum atomic E-state index is -0.457. The zero-order valence-electron chi connectivity index (χ0n) is 10.1. The van der Waals surface area contributed by atoms with Gasteiger partial charge in [0.1, 0.15) is 11.3 Å². The van der Waals surface area contributed by atoms with Gasteiger partial charge < -0.3 is 15.2 Å². The molecular weight excluding hydrogens is 277 g/mol. The summed E-state index contributed by atoms with van der Waals surface area (Å²) >= 11 is 5.82. The van der Waals surface area contributed by atoms with Gasteiger partial charge in [0.05, 0.1) is 13.7 Å². The quantitative estimate of drug-likeness (QED) is 0.647. The SMILES string of the molecule is COC(=O)c1cc(Cl)ccc1OCCCCN.Cl. The molecule has 102 valence electrons. The number of unbranched alkanes of at least 4 members (excludes halogenated alkanes) is 1. The number of ether oxygens (including phenoxy) is 2. The first-order chi connectivity index (χ1) is 8.19. The van der Waals surface area contributed by atoms with Crippen LogP contribution in [0.2, 0.25) is 5.02 Å². The first-order valence-corrected chi connectivity index (χ1v) is 5.77. The van der Waals surface area contributed by atoms with Gasteiger partial charge in [0, 0.05) is 5.02 Å². The van der Waals surface area contributed by atoms with Crippen LogP contribution in [0.5, 0.6) is 5.75 Å². The Morgan fingerprint density at radius 1 is 1.39 bits per heavy atom. The largest absolute Gasteiger partial charge is 0.493 e. The summed E-state index contributed by atoms with van der Waals surface area (Å²) in [5.41, 5.74) is 5.72. The molecule has 0 saturated carbocycles. The van der Waals surface area contributed by atoms with E-state index in [1.165, 1.54) is 13.2 Å². The van der Waals surface area contributed by atoms with Crippen molar-refractivity contribution in [2.75, 3.05) is 20.3 Å². The first kappa shape index (κ1) is 17.0. The van der Waals surface area contributed by atoms with Gasteiger partial charge in [-0.3, -0.25) is 0 Å². The maximum absolute atomic E-state index is 11.5. The summed E-state index contributed by atoms with van der Waals surface area (Å²) in [6.45, 7) is 1.15. The highest BCUT2D eigenvalue weighted by atomic mass is 35.5. The fraction of sp³-hybridized carbons (Fsp3) is 0.417. The molecule has 0 unspecified atom stereocenters. The summed E-state index contributed by atoms with van der Waals surface area (Å²) < 4.78 is 10.2. The van der Waals surface area contributed by atoms with Crippen molar-refractivity contribution in [2.45, 2.75) is 12.8 Å². The zero-order valence-corrected chi connectivity index (χ0v) is 11.7. The summed E-state index contributed by atoms with van der Waals surface area (Å²) in [7, 11) is 1.32. The van der Waals surface area contributed by atoms with Crippen molar-refractivity contribution in [1.82, 2.24) is 0 Å². The van der Waals surface area contributed by atoms with Crippen molar-refractivity contribution >= 4 is 30.0 Å². The van der Waals surface area contributed by atoms with Gasteiger partial charge in [-0.25, -0.2) is 4.79 Å². The normalized spacial score (nSPS) is 9.50. The maximum atomic E-state index is 11.5. The van der Waals surface area contributed by atoms with Gasteiger partial charge >= 0.3 is 5.97 Å². The minimum Gasteiger partial charge on any atom is -0.493 e. The average Bonchev–Trinajstić information content (AvgIpc) is 2.35. The Bertz CT molecular complexity index is 386. The van der Waals surface area contributed by atoms with E-state index in [1.54, 1.807) is 12.1 Å². The molecule has 0 saturated heterocycles. The van der Waals surface area contributed by atoms with E-state index >= 15 is 0 Å². The van der Waals surface area contributed by atoms with Crippen molar-refractivity contribution in [3.63, 3.8) is 0 Å². The number of carbonyl (C=O) groups excluding carboxylic acids is 1. The molecule has 0 aliphatic heterocycles. The smallest absolute Gasteiger partial charge is 0.341 e. The van der Waals surface area contributed by atoms with Crippen LogP contribution < -0.4 is 10.5 Å². The molecule has 0 atom stereocenters. The van der Waals surface area contributed by atoms with Crippen LogP contribution in [0, 0.1) is 0 Å². The van der Waals surface area contributed by atoms with Gasteiger partial charge in [-0.05, 0) is 37.6 Å². The van der Waals surface area contributed by atoms with Crippen LogP contribution in [0.25, 0.3) is 0 Å². The Hall–Kier alpha value is -0.970. The molecule has 0 fully saturated rings. The fourth-order valence-electron chi connectivity index (χ4n) is 1.33. The highest BCUT2D eigenvalue weighted by Gasteiger charge is 2.13. The van der Waals surface area contributed by atoms with Gasteiger partial charge in [-0.2, -0.15) is 0 Å². The van der Waals surface area contributed by atoms with Gasteiger partial charge in [0.15, 0.2) is 0 Å². The number of nitrogens with two attached hydrogens (primary N) is 1. The monoisotopic (exact) mass is 293 g/mol. The van der Waals surface area contributed by atoms with Crippen LogP contribution in [-0.4, -0.2) is 26.2 Å². The molecule has 0 radical (unpaired) electrons. The molecule has 0 heterocycles. The third kappa shape index (κ3) is 5.12. The molecule has 6 heteroatoms. The summed E-state index contributed by atoms with van der Waals surface area (Å²) in [5.74, 6) is 0.0274. The zero-order chi connectivity index (χ0) is 12.7. The molecule has 0 aliphatic carbocycles. The molecule has 4 nitrogen and oxygen atoms in total. The second-order valence-electron chi connectivity index (χ2n) is 3.48. The summed E-state index contributed by atoms with van der Waals surface area (Å²) in [5, 5.41) is 0.472. The van der Waals surface area contributed by atoms with Gasteiger partial charge in [-0.15, -0.1) is 12.4 Å². The second kappa shape index (κ2) is 9.03. The molecule has 0 bridgehead atoms. The fourth-order valence-corrected chi connectivity index (χ4v) is 1.50. The number of hydrogen-bond acceptors (Lipinski definition) is 4. The van der Waals surface area contributed by atoms with Crippen molar-refractivity contribution in [3.8, 4) is 5.75 Å². The Labute approximate surface area is 118 Å². The number of hydrogen-bond donors (Lipinski definition) is 1.